The third kappa shape index (κ3) is 2.10. The molecule has 3 rings (SSSR count). The lowest BCUT2D eigenvalue weighted by Gasteiger charge is -2.15. The molecule has 1 aromatic carbocycles. The summed E-state index contributed by atoms with van der Waals surface area (Å²) in [5.74, 6) is 0.418. The molecule has 3 amide bonds. The molecule has 100 valence electrons. The van der Waals surface area contributed by atoms with Crippen molar-refractivity contribution in [1.82, 2.24) is 9.80 Å². The van der Waals surface area contributed by atoms with Crippen LogP contribution < -0.4 is 0 Å². The molecule has 4 nitrogen and oxygen atoms in total. The molecular formula is C14H15ClN2O2. The molecule has 1 unspecified atom stereocenters. The van der Waals surface area contributed by atoms with Gasteiger partial charge < -0.3 is 4.90 Å². The Bertz CT molecular complexity index is 493. The first-order valence-corrected chi connectivity index (χ1v) is 7.00. The normalized spacial score (nSPS) is 22.3. The van der Waals surface area contributed by atoms with Gasteiger partial charge in [-0.2, -0.15) is 0 Å². The van der Waals surface area contributed by atoms with Gasteiger partial charge in [0.1, 0.15) is 6.04 Å². The number of benzene rings is 1. The number of imide groups is 1. The fraction of sp³-hybridized carbons (Fsp3) is 0.429. The van der Waals surface area contributed by atoms with E-state index in [2.05, 4.69) is 0 Å². The summed E-state index contributed by atoms with van der Waals surface area (Å²) in [5, 5.41) is 0. The van der Waals surface area contributed by atoms with E-state index in [4.69, 9.17) is 11.6 Å². The highest BCUT2D eigenvalue weighted by molar-refractivity contribution is 6.17. The van der Waals surface area contributed by atoms with Crippen LogP contribution in [0.3, 0.4) is 0 Å². The third-order valence-electron chi connectivity index (χ3n) is 3.80. The minimum Gasteiger partial charge on any atom is -0.312 e. The lowest BCUT2D eigenvalue weighted by Crippen LogP contribution is -2.32. The van der Waals surface area contributed by atoms with Crippen molar-refractivity contribution in [3.63, 3.8) is 0 Å². The molecule has 0 aliphatic carbocycles. The number of fused-ring (bicyclic) bond motifs is 1. The summed E-state index contributed by atoms with van der Waals surface area (Å²) in [6.45, 7) is 1.06. The zero-order valence-corrected chi connectivity index (χ0v) is 11.3. The van der Waals surface area contributed by atoms with Gasteiger partial charge in [0.05, 0.1) is 6.54 Å². The number of carbonyl (C=O) groups excluding carboxylic acids is 2. The Morgan fingerprint density at radius 1 is 1.16 bits per heavy atom. The van der Waals surface area contributed by atoms with E-state index < -0.39 is 0 Å². The molecule has 0 radical (unpaired) electrons. The quantitative estimate of drug-likeness (QED) is 0.629. The van der Waals surface area contributed by atoms with Crippen LogP contribution >= 0.6 is 11.6 Å². The van der Waals surface area contributed by atoms with Crippen LogP contribution in [0.25, 0.3) is 0 Å². The first-order valence-electron chi connectivity index (χ1n) is 6.46. The highest BCUT2D eigenvalue weighted by Crippen LogP contribution is 2.28. The maximum absolute atomic E-state index is 12.2. The minimum atomic E-state index is -0.213. The molecular weight excluding hydrogens is 264 g/mol. The van der Waals surface area contributed by atoms with Crippen molar-refractivity contribution < 1.29 is 9.59 Å². The molecule has 2 heterocycles. The summed E-state index contributed by atoms with van der Waals surface area (Å²) in [6.07, 6.45) is 1.73. The van der Waals surface area contributed by atoms with E-state index in [1.165, 1.54) is 4.90 Å². The van der Waals surface area contributed by atoms with E-state index >= 15 is 0 Å². The third-order valence-corrected chi connectivity index (χ3v) is 4.11. The van der Waals surface area contributed by atoms with Crippen LogP contribution in [0.2, 0.25) is 0 Å². The van der Waals surface area contributed by atoms with Gasteiger partial charge in [-0.15, -0.1) is 11.6 Å². The van der Waals surface area contributed by atoms with E-state index in [9.17, 15) is 9.59 Å². The minimum absolute atomic E-state index is 0.0519. The predicted molar refractivity (Wildman–Crippen MR) is 71.7 cm³/mol. The Labute approximate surface area is 116 Å². The molecule has 2 aliphatic rings. The van der Waals surface area contributed by atoms with Crippen molar-refractivity contribution >= 4 is 23.5 Å². The van der Waals surface area contributed by atoms with Gasteiger partial charge >= 0.3 is 6.03 Å². The summed E-state index contributed by atoms with van der Waals surface area (Å²) in [7, 11) is 0. The number of hydrogen-bond acceptors (Lipinski definition) is 2. The molecule has 19 heavy (non-hydrogen) atoms. The van der Waals surface area contributed by atoms with Crippen molar-refractivity contribution in [2.24, 2.45) is 0 Å². The summed E-state index contributed by atoms with van der Waals surface area (Å²) >= 11 is 5.74. The number of alkyl halides is 1. The largest absolute Gasteiger partial charge is 0.327 e. The van der Waals surface area contributed by atoms with Crippen molar-refractivity contribution in [1.29, 1.82) is 0 Å². The van der Waals surface area contributed by atoms with Crippen LogP contribution in [0.4, 0.5) is 4.79 Å². The Hall–Kier alpha value is -1.55. The maximum atomic E-state index is 12.2. The summed E-state index contributed by atoms with van der Waals surface area (Å²) in [4.78, 5) is 27.4. The Morgan fingerprint density at radius 3 is 2.47 bits per heavy atom. The summed E-state index contributed by atoms with van der Waals surface area (Å²) in [5.41, 5.74) is 1.99. The monoisotopic (exact) mass is 278 g/mol. The smallest absolute Gasteiger partial charge is 0.312 e. The SMILES string of the molecule is O=C1C2CCCN2C(=O)N1Cc1ccc(CCl)cc1. The molecule has 0 saturated carbocycles. The Morgan fingerprint density at radius 2 is 1.84 bits per heavy atom. The van der Waals surface area contributed by atoms with Crippen molar-refractivity contribution in [2.75, 3.05) is 6.54 Å². The number of amides is 3. The first-order chi connectivity index (χ1) is 9.20. The van der Waals surface area contributed by atoms with Crippen molar-refractivity contribution in [3.05, 3.63) is 35.4 Å². The second-order valence-electron chi connectivity index (χ2n) is 5.01. The van der Waals surface area contributed by atoms with Crippen molar-refractivity contribution in [3.8, 4) is 0 Å². The van der Waals surface area contributed by atoms with Crippen LogP contribution in [-0.4, -0.2) is 34.3 Å². The maximum Gasteiger partial charge on any atom is 0.327 e. The molecule has 1 aromatic rings. The van der Waals surface area contributed by atoms with Crippen LogP contribution in [0.5, 0.6) is 0 Å². The zero-order valence-electron chi connectivity index (χ0n) is 10.5. The highest BCUT2D eigenvalue weighted by atomic mass is 35.5. The fourth-order valence-corrected chi connectivity index (χ4v) is 2.92. The van der Waals surface area contributed by atoms with Gasteiger partial charge in [-0.05, 0) is 24.0 Å². The molecule has 2 saturated heterocycles. The Balaban J connectivity index is 1.76. The van der Waals surface area contributed by atoms with E-state index in [0.29, 0.717) is 19.0 Å². The molecule has 5 heteroatoms. The van der Waals surface area contributed by atoms with E-state index in [0.717, 1.165) is 24.0 Å². The Kier molecular flexibility index (Phi) is 3.19. The lowest BCUT2D eigenvalue weighted by atomic mass is 10.1. The highest BCUT2D eigenvalue weighted by Gasteiger charge is 2.46. The molecule has 0 aromatic heterocycles. The lowest BCUT2D eigenvalue weighted by molar-refractivity contribution is -0.128. The fourth-order valence-electron chi connectivity index (χ4n) is 2.74. The van der Waals surface area contributed by atoms with Crippen LogP contribution in [0, 0.1) is 0 Å². The molecule has 0 bridgehead atoms. The standard InChI is InChI=1S/C14H15ClN2O2/c15-8-10-3-5-11(6-4-10)9-17-13(18)12-2-1-7-16(12)14(17)19/h3-6,12H,1-2,7-9H2. The predicted octanol–water partition coefficient (Wildman–Crippen LogP) is 2.35. The van der Waals surface area contributed by atoms with E-state index in [1.807, 2.05) is 24.3 Å². The molecule has 0 N–H and O–H groups in total. The summed E-state index contributed by atoms with van der Waals surface area (Å²) in [6, 6.07) is 7.33. The number of urea groups is 1. The van der Waals surface area contributed by atoms with Crippen LogP contribution in [0.1, 0.15) is 24.0 Å². The van der Waals surface area contributed by atoms with Gasteiger partial charge in [0.25, 0.3) is 5.91 Å². The van der Waals surface area contributed by atoms with E-state index in [1.54, 1.807) is 4.90 Å². The number of carbonyl (C=O) groups is 2. The average Bonchev–Trinajstić information content (AvgIpc) is 3.00. The molecule has 2 aliphatic heterocycles. The molecule has 2 fully saturated rings. The van der Waals surface area contributed by atoms with Crippen LogP contribution in [-0.2, 0) is 17.2 Å². The van der Waals surface area contributed by atoms with Crippen LogP contribution in [0.15, 0.2) is 24.3 Å². The topological polar surface area (TPSA) is 40.6 Å². The zero-order chi connectivity index (χ0) is 13.4. The van der Waals surface area contributed by atoms with Gasteiger partial charge in [0.2, 0.25) is 0 Å². The van der Waals surface area contributed by atoms with Crippen molar-refractivity contribution in [2.45, 2.75) is 31.3 Å². The first kappa shape index (κ1) is 12.5. The number of hydrogen-bond donors (Lipinski definition) is 0. The second-order valence-corrected chi connectivity index (χ2v) is 5.28. The number of nitrogens with zero attached hydrogens (tertiary/aromatic N) is 2. The van der Waals surface area contributed by atoms with Gasteiger partial charge in [0, 0.05) is 12.4 Å². The van der Waals surface area contributed by atoms with Gasteiger partial charge in [0.15, 0.2) is 0 Å². The van der Waals surface area contributed by atoms with Gasteiger partial charge in [-0.3, -0.25) is 9.69 Å². The van der Waals surface area contributed by atoms with E-state index in [-0.39, 0.29) is 18.0 Å². The number of halogens is 1. The number of rotatable bonds is 3. The van der Waals surface area contributed by atoms with Gasteiger partial charge in [-0.25, -0.2) is 4.79 Å². The summed E-state index contributed by atoms with van der Waals surface area (Å²) < 4.78 is 0. The molecule has 0 spiro atoms. The van der Waals surface area contributed by atoms with Gasteiger partial charge in [-0.1, -0.05) is 24.3 Å². The average molecular weight is 279 g/mol. The molecule has 1 atom stereocenters. The second kappa shape index (κ2) is 4.85.